The summed E-state index contributed by atoms with van der Waals surface area (Å²) in [6, 6.07) is 0.356. The van der Waals surface area contributed by atoms with Crippen molar-refractivity contribution in [3.8, 4) is 0 Å². The number of hydrogen-bond acceptors (Lipinski definition) is 4. The van der Waals surface area contributed by atoms with Gasteiger partial charge in [-0.25, -0.2) is 0 Å². The molecule has 6 nitrogen and oxygen atoms in total. The average Bonchev–Trinajstić information content (AvgIpc) is 2.84. The summed E-state index contributed by atoms with van der Waals surface area (Å²) >= 11 is 0. The zero-order valence-corrected chi connectivity index (χ0v) is 11.4. The maximum atomic E-state index is 12.5. The minimum absolute atomic E-state index is 0.356. The number of nitrogens with one attached hydrogen (secondary N) is 1. The predicted molar refractivity (Wildman–Crippen MR) is 67.4 cm³/mol. The third-order valence-corrected chi connectivity index (χ3v) is 6.16. The van der Waals surface area contributed by atoms with Gasteiger partial charge in [0.15, 0.2) is 0 Å². The molecule has 0 aliphatic carbocycles. The summed E-state index contributed by atoms with van der Waals surface area (Å²) in [7, 11) is -3.27. The second kappa shape index (κ2) is 5.05. The van der Waals surface area contributed by atoms with Crippen molar-refractivity contribution in [3.63, 3.8) is 0 Å². The fraction of sp³-hybridized carbons (Fsp3) is 1.00. The lowest BCUT2D eigenvalue weighted by Crippen LogP contribution is -2.48. The largest absolute Gasteiger partial charge is 0.379 e. The van der Waals surface area contributed by atoms with Gasteiger partial charge in [-0.2, -0.15) is 17.0 Å². The number of rotatable bonds is 2. The van der Waals surface area contributed by atoms with Gasteiger partial charge in [0.25, 0.3) is 10.2 Å². The summed E-state index contributed by atoms with van der Waals surface area (Å²) in [5.74, 6) is 0.495. The molecule has 3 aliphatic rings. The molecule has 3 aliphatic heterocycles. The van der Waals surface area contributed by atoms with Crippen LogP contribution < -0.4 is 5.32 Å². The molecule has 0 bridgehead atoms. The molecule has 18 heavy (non-hydrogen) atoms. The van der Waals surface area contributed by atoms with Crippen LogP contribution in [0.5, 0.6) is 0 Å². The summed E-state index contributed by atoms with van der Waals surface area (Å²) in [5.41, 5.74) is 0. The quantitative estimate of drug-likeness (QED) is 0.720. The molecule has 0 unspecified atom stereocenters. The number of hydrogen-bond donors (Lipinski definition) is 1. The Balaban J connectivity index is 1.70. The highest BCUT2D eigenvalue weighted by molar-refractivity contribution is 7.86. The van der Waals surface area contributed by atoms with Crippen molar-refractivity contribution in [2.24, 2.45) is 5.92 Å². The molecule has 3 fully saturated rings. The van der Waals surface area contributed by atoms with Gasteiger partial charge >= 0.3 is 0 Å². The van der Waals surface area contributed by atoms with Crippen molar-refractivity contribution in [1.82, 2.24) is 13.9 Å². The van der Waals surface area contributed by atoms with Gasteiger partial charge < -0.3 is 10.1 Å². The molecule has 104 valence electrons. The van der Waals surface area contributed by atoms with Crippen molar-refractivity contribution in [2.45, 2.75) is 18.9 Å². The first-order chi connectivity index (χ1) is 8.68. The number of fused-ring (bicyclic) bond motifs is 1. The van der Waals surface area contributed by atoms with Crippen molar-refractivity contribution in [1.29, 1.82) is 0 Å². The van der Waals surface area contributed by atoms with E-state index in [1.54, 1.807) is 8.61 Å². The van der Waals surface area contributed by atoms with E-state index in [1.165, 1.54) is 0 Å². The summed E-state index contributed by atoms with van der Waals surface area (Å²) in [5, 5.41) is 3.44. The second-order valence-corrected chi connectivity index (χ2v) is 7.23. The van der Waals surface area contributed by atoms with Crippen molar-refractivity contribution < 1.29 is 13.2 Å². The van der Waals surface area contributed by atoms with E-state index >= 15 is 0 Å². The Labute approximate surface area is 108 Å². The Morgan fingerprint density at radius 1 is 1.11 bits per heavy atom. The van der Waals surface area contributed by atoms with Crippen molar-refractivity contribution >= 4 is 10.2 Å². The van der Waals surface area contributed by atoms with E-state index in [2.05, 4.69) is 5.32 Å². The topological polar surface area (TPSA) is 61.9 Å². The van der Waals surface area contributed by atoms with Crippen molar-refractivity contribution in [2.75, 3.05) is 45.9 Å². The van der Waals surface area contributed by atoms with Gasteiger partial charge in [-0.1, -0.05) is 0 Å². The Morgan fingerprint density at radius 3 is 2.61 bits per heavy atom. The van der Waals surface area contributed by atoms with Crippen LogP contribution in [0.25, 0.3) is 0 Å². The maximum absolute atomic E-state index is 12.5. The maximum Gasteiger partial charge on any atom is 0.282 e. The number of ether oxygens (including phenoxy) is 1. The molecule has 0 aromatic heterocycles. The lowest BCUT2D eigenvalue weighted by atomic mass is 9.94. The fourth-order valence-electron chi connectivity index (χ4n) is 3.14. The highest BCUT2D eigenvalue weighted by Gasteiger charge is 2.42. The van der Waals surface area contributed by atoms with E-state index in [9.17, 15) is 8.42 Å². The highest BCUT2D eigenvalue weighted by atomic mass is 32.2. The number of morpholine rings is 1. The fourth-order valence-corrected chi connectivity index (χ4v) is 4.80. The summed E-state index contributed by atoms with van der Waals surface area (Å²) in [4.78, 5) is 0. The number of piperidine rings is 1. The lowest BCUT2D eigenvalue weighted by Gasteiger charge is -2.30. The molecule has 3 rings (SSSR count). The van der Waals surface area contributed by atoms with Gasteiger partial charge in [0.1, 0.15) is 0 Å². The molecule has 0 radical (unpaired) electrons. The molecule has 1 N–H and O–H groups in total. The van der Waals surface area contributed by atoms with Crippen LogP contribution in [0.1, 0.15) is 12.8 Å². The smallest absolute Gasteiger partial charge is 0.282 e. The minimum atomic E-state index is -3.27. The summed E-state index contributed by atoms with van der Waals surface area (Å²) in [6.07, 6.45) is 2.30. The Hall–Kier alpha value is -0.210. The molecule has 2 atom stereocenters. The van der Waals surface area contributed by atoms with E-state index in [4.69, 9.17) is 4.74 Å². The Morgan fingerprint density at radius 2 is 1.89 bits per heavy atom. The van der Waals surface area contributed by atoms with Crippen LogP contribution in [0, 0.1) is 5.92 Å². The van der Waals surface area contributed by atoms with Crippen LogP contribution >= 0.6 is 0 Å². The summed E-state index contributed by atoms with van der Waals surface area (Å²) in [6.45, 7) is 4.33. The molecule has 7 heteroatoms. The van der Waals surface area contributed by atoms with E-state index in [1.807, 2.05) is 0 Å². The lowest BCUT2D eigenvalue weighted by molar-refractivity contribution is 0.0705. The van der Waals surface area contributed by atoms with E-state index < -0.39 is 10.2 Å². The predicted octanol–water partition coefficient (Wildman–Crippen LogP) is -0.753. The zero-order chi connectivity index (χ0) is 12.6. The molecule has 0 aromatic rings. The molecule has 0 amide bonds. The molecule has 3 heterocycles. The SMILES string of the molecule is O=S(=O)(N1CCOCC1)N1C[C@@H]2CCCN[C@@H]2C1. The van der Waals surface area contributed by atoms with Gasteiger partial charge in [-0.05, 0) is 25.3 Å². The second-order valence-electron chi connectivity index (χ2n) is 5.30. The van der Waals surface area contributed by atoms with Gasteiger partial charge in [0, 0.05) is 32.2 Å². The van der Waals surface area contributed by atoms with E-state index in [0.717, 1.165) is 19.4 Å². The van der Waals surface area contributed by atoms with Crippen LogP contribution in [0.2, 0.25) is 0 Å². The van der Waals surface area contributed by atoms with E-state index in [-0.39, 0.29) is 0 Å². The standard InChI is InChI=1S/C11H21N3O3S/c15-18(16,13-4-6-17-7-5-13)14-8-10-2-1-3-12-11(10)9-14/h10-12H,1-9H2/t10-,11+/m0/s1. The van der Waals surface area contributed by atoms with Gasteiger partial charge in [0.2, 0.25) is 0 Å². The van der Waals surface area contributed by atoms with E-state index in [0.29, 0.717) is 51.4 Å². The van der Waals surface area contributed by atoms with Crippen LogP contribution in [0.3, 0.4) is 0 Å². The van der Waals surface area contributed by atoms with Gasteiger partial charge in [-0.15, -0.1) is 0 Å². The van der Waals surface area contributed by atoms with Crippen molar-refractivity contribution in [3.05, 3.63) is 0 Å². The first-order valence-corrected chi connectivity index (χ1v) is 8.14. The van der Waals surface area contributed by atoms with Crippen LogP contribution in [0.4, 0.5) is 0 Å². The molecule has 0 saturated carbocycles. The molecule has 0 aromatic carbocycles. The highest BCUT2D eigenvalue weighted by Crippen LogP contribution is 2.28. The Bertz CT molecular complexity index is 380. The zero-order valence-electron chi connectivity index (χ0n) is 10.5. The van der Waals surface area contributed by atoms with Crippen LogP contribution in [-0.2, 0) is 14.9 Å². The molecular formula is C11H21N3O3S. The first kappa shape index (κ1) is 12.8. The Kier molecular flexibility index (Phi) is 3.59. The average molecular weight is 275 g/mol. The number of nitrogens with zero attached hydrogens (tertiary/aromatic N) is 2. The van der Waals surface area contributed by atoms with Crippen LogP contribution in [0.15, 0.2) is 0 Å². The monoisotopic (exact) mass is 275 g/mol. The molecular weight excluding hydrogens is 254 g/mol. The molecule has 0 spiro atoms. The van der Waals surface area contributed by atoms with Gasteiger partial charge in [0.05, 0.1) is 13.2 Å². The first-order valence-electron chi connectivity index (χ1n) is 6.74. The third kappa shape index (κ3) is 2.30. The third-order valence-electron chi connectivity index (χ3n) is 4.19. The summed E-state index contributed by atoms with van der Waals surface area (Å²) < 4.78 is 33.4. The van der Waals surface area contributed by atoms with Gasteiger partial charge in [-0.3, -0.25) is 0 Å². The normalized spacial score (nSPS) is 35.6. The van der Waals surface area contributed by atoms with Crippen LogP contribution in [-0.4, -0.2) is 69.0 Å². The minimum Gasteiger partial charge on any atom is -0.379 e. The molecule has 3 saturated heterocycles.